The largest absolute Gasteiger partial charge is 0.459 e. The van der Waals surface area contributed by atoms with E-state index in [0.717, 1.165) is 28.0 Å². The lowest BCUT2D eigenvalue weighted by Gasteiger charge is -2.12. The molecule has 0 bridgehead atoms. The first-order valence-electron chi connectivity index (χ1n) is 9.36. The van der Waals surface area contributed by atoms with Gasteiger partial charge in [-0.1, -0.05) is 48.5 Å². The number of para-hydroxylation sites is 2. The summed E-state index contributed by atoms with van der Waals surface area (Å²) in [7, 11) is 0. The Balaban J connectivity index is 1.35. The minimum absolute atomic E-state index is 0.0912. The Kier molecular flexibility index (Phi) is 5.22. The fraction of sp³-hybridized carbons (Fsp3) is 0.125. The molecule has 1 heterocycles. The van der Waals surface area contributed by atoms with Crippen molar-refractivity contribution in [3.63, 3.8) is 0 Å². The number of hydrogen-bond donors (Lipinski definition) is 2. The van der Waals surface area contributed by atoms with Gasteiger partial charge in [0.15, 0.2) is 0 Å². The Hall–Kier alpha value is -3.37. The SMILES string of the molecule is CC(NCc1ccc(C(=O)Nc2ccccc2)cc1)c1cc2ccccc2o1. The fourth-order valence-corrected chi connectivity index (χ4v) is 3.09. The molecular weight excluding hydrogens is 348 g/mol. The number of hydrogen-bond acceptors (Lipinski definition) is 3. The maximum absolute atomic E-state index is 12.3. The van der Waals surface area contributed by atoms with Gasteiger partial charge in [0, 0.05) is 23.2 Å². The van der Waals surface area contributed by atoms with E-state index < -0.39 is 0 Å². The average Bonchev–Trinajstić information content (AvgIpc) is 3.17. The standard InChI is InChI=1S/C24H22N2O2/c1-17(23-15-20-7-5-6-10-22(20)28-23)25-16-18-11-13-19(14-12-18)24(27)26-21-8-3-2-4-9-21/h2-15,17,25H,16H2,1H3,(H,26,27). The zero-order chi connectivity index (χ0) is 19.3. The topological polar surface area (TPSA) is 54.3 Å². The van der Waals surface area contributed by atoms with Gasteiger partial charge in [0.2, 0.25) is 0 Å². The Morgan fingerprint density at radius 3 is 2.39 bits per heavy atom. The van der Waals surface area contributed by atoms with Crippen molar-refractivity contribution in [1.82, 2.24) is 5.32 Å². The first-order valence-corrected chi connectivity index (χ1v) is 9.36. The summed E-state index contributed by atoms with van der Waals surface area (Å²) in [6.07, 6.45) is 0. The van der Waals surface area contributed by atoms with E-state index >= 15 is 0 Å². The third kappa shape index (κ3) is 4.13. The molecule has 140 valence electrons. The molecule has 0 saturated heterocycles. The predicted molar refractivity (Wildman–Crippen MR) is 112 cm³/mol. The summed E-state index contributed by atoms with van der Waals surface area (Å²) in [6, 6.07) is 27.3. The van der Waals surface area contributed by atoms with Crippen LogP contribution in [0, 0.1) is 0 Å². The number of nitrogens with one attached hydrogen (secondary N) is 2. The lowest BCUT2D eigenvalue weighted by molar-refractivity contribution is 0.102. The van der Waals surface area contributed by atoms with E-state index in [-0.39, 0.29) is 11.9 Å². The molecule has 0 saturated carbocycles. The molecule has 1 unspecified atom stereocenters. The number of carbonyl (C=O) groups excluding carboxylic acids is 1. The van der Waals surface area contributed by atoms with Crippen molar-refractivity contribution in [1.29, 1.82) is 0 Å². The lowest BCUT2D eigenvalue weighted by atomic mass is 10.1. The van der Waals surface area contributed by atoms with Crippen LogP contribution in [-0.4, -0.2) is 5.91 Å². The highest BCUT2D eigenvalue weighted by Gasteiger charge is 2.11. The number of carbonyl (C=O) groups is 1. The van der Waals surface area contributed by atoms with E-state index in [9.17, 15) is 4.79 Å². The monoisotopic (exact) mass is 370 g/mol. The maximum atomic E-state index is 12.3. The van der Waals surface area contributed by atoms with Gasteiger partial charge in [-0.2, -0.15) is 0 Å². The first kappa shape index (κ1) is 18.0. The van der Waals surface area contributed by atoms with E-state index in [2.05, 4.69) is 23.6 Å². The molecule has 3 aromatic carbocycles. The van der Waals surface area contributed by atoms with Crippen molar-refractivity contribution in [3.05, 3.63) is 102 Å². The molecule has 0 radical (unpaired) electrons. The van der Waals surface area contributed by atoms with Gasteiger partial charge in [0.1, 0.15) is 11.3 Å². The van der Waals surface area contributed by atoms with Crippen LogP contribution in [0.2, 0.25) is 0 Å². The number of benzene rings is 3. The van der Waals surface area contributed by atoms with Gasteiger partial charge >= 0.3 is 0 Å². The minimum Gasteiger partial charge on any atom is -0.459 e. The van der Waals surface area contributed by atoms with Gasteiger partial charge < -0.3 is 15.1 Å². The summed E-state index contributed by atoms with van der Waals surface area (Å²) >= 11 is 0. The molecule has 0 spiro atoms. The summed E-state index contributed by atoms with van der Waals surface area (Å²) in [4.78, 5) is 12.3. The number of furan rings is 1. The third-order valence-electron chi connectivity index (χ3n) is 4.73. The molecule has 1 aromatic heterocycles. The molecule has 0 aliphatic heterocycles. The second-order valence-electron chi connectivity index (χ2n) is 6.81. The second-order valence-corrected chi connectivity index (χ2v) is 6.81. The lowest BCUT2D eigenvalue weighted by Crippen LogP contribution is -2.17. The Bertz CT molecular complexity index is 1040. The zero-order valence-corrected chi connectivity index (χ0v) is 15.7. The van der Waals surface area contributed by atoms with Crippen LogP contribution in [0.4, 0.5) is 5.69 Å². The molecule has 0 aliphatic carbocycles. The van der Waals surface area contributed by atoms with Crippen LogP contribution in [0.25, 0.3) is 11.0 Å². The molecule has 28 heavy (non-hydrogen) atoms. The molecule has 2 N–H and O–H groups in total. The molecule has 0 aliphatic rings. The third-order valence-corrected chi connectivity index (χ3v) is 4.73. The zero-order valence-electron chi connectivity index (χ0n) is 15.7. The highest BCUT2D eigenvalue weighted by molar-refractivity contribution is 6.04. The van der Waals surface area contributed by atoms with Gasteiger partial charge in [-0.3, -0.25) is 4.79 Å². The highest BCUT2D eigenvalue weighted by atomic mass is 16.3. The molecule has 1 atom stereocenters. The van der Waals surface area contributed by atoms with E-state index in [1.807, 2.05) is 78.9 Å². The quantitative estimate of drug-likeness (QED) is 0.469. The van der Waals surface area contributed by atoms with E-state index in [1.54, 1.807) is 0 Å². The second kappa shape index (κ2) is 8.11. The van der Waals surface area contributed by atoms with Crippen LogP contribution >= 0.6 is 0 Å². The van der Waals surface area contributed by atoms with Gasteiger partial charge in [-0.15, -0.1) is 0 Å². The van der Waals surface area contributed by atoms with E-state index in [1.165, 1.54) is 0 Å². The average molecular weight is 370 g/mol. The normalized spacial score (nSPS) is 12.0. The summed E-state index contributed by atoms with van der Waals surface area (Å²) in [5.41, 5.74) is 3.44. The van der Waals surface area contributed by atoms with Crippen molar-refractivity contribution in [2.75, 3.05) is 5.32 Å². The maximum Gasteiger partial charge on any atom is 0.255 e. The van der Waals surface area contributed by atoms with Crippen molar-refractivity contribution < 1.29 is 9.21 Å². The molecule has 0 fully saturated rings. The number of rotatable bonds is 6. The van der Waals surface area contributed by atoms with Crippen LogP contribution in [0.5, 0.6) is 0 Å². The predicted octanol–water partition coefficient (Wildman–Crippen LogP) is 5.54. The Morgan fingerprint density at radius 1 is 0.929 bits per heavy atom. The smallest absolute Gasteiger partial charge is 0.255 e. The molecule has 1 amide bonds. The summed E-state index contributed by atoms with van der Waals surface area (Å²) < 4.78 is 5.91. The van der Waals surface area contributed by atoms with Crippen molar-refractivity contribution in [3.8, 4) is 0 Å². The van der Waals surface area contributed by atoms with Crippen LogP contribution in [-0.2, 0) is 6.54 Å². The van der Waals surface area contributed by atoms with Crippen molar-refractivity contribution in [2.45, 2.75) is 19.5 Å². The minimum atomic E-state index is -0.110. The van der Waals surface area contributed by atoms with Crippen molar-refractivity contribution in [2.24, 2.45) is 0 Å². The van der Waals surface area contributed by atoms with Gasteiger partial charge in [0.25, 0.3) is 5.91 Å². The molecule has 4 nitrogen and oxygen atoms in total. The van der Waals surface area contributed by atoms with Crippen LogP contribution in [0.15, 0.2) is 89.3 Å². The Labute approximate surface area is 164 Å². The first-order chi connectivity index (χ1) is 13.7. The van der Waals surface area contributed by atoms with Gasteiger partial charge in [-0.05, 0) is 48.9 Å². The Morgan fingerprint density at radius 2 is 1.64 bits per heavy atom. The van der Waals surface area contributed by atoms with E-state index in [0.29, 0.717) is 12.1 Å². The summed E-state index contributed by atoms with van der Waals surface area (Å²) in [5.74, 6) is 0.807. The van der Waals surface area contributed by atoms with Crippen LogP contribution in [0.1, 0.15) is 34.6 Å². The molecule has 4 aromatic rings. The van der Waals surface area contributed by atoms with Crippen molar-refractivity contribution >= 4 is 22.6 Å². The van der Waals surface area contributed by atoms with Crippen LogP contribution in [0.3, 0.4) is 0 Å². The van der Waals surface area contributed by atoms with E-state index in [4.69, 9.17) is 4.42 Å². The van der Waals surface area contributed by atoms with Crippen LogP contribution < -0.4 is 10.6 Å². The highest BCUT2D eigenvalue weighted by Crippen LogP contribution is 2.23. The number of amides is 1. The molecular formula is C24H22N2O2. The molecule has 4 rings (SSSR count). The number of anilines is 1. The summed E-state index contributed by atoms with van der Waals surface area (Å²) in [6.45, 7) is 2.78. The summed E-state index contributed by atoms with van der Waals surface area (Å²) in [5, 5.41) is 7.48. The van der Waals surface area contributed by atoms with Gasteiger partial charge in [0.05, 0.1) is 6.04 Å². The number of fused-ring (bicyclic) bond motifs is 1. The molecule has 4 heteroatoms. The fourth-order valence-electron chi connectivity index (χ4n) is 3.09. The van der Waals surface area contributed by atoms with Gasteiger partial charge in [-0.25, -0.2) is 0 Å².